The van der Waals surface area contributed by atoms with Crippen molar-refractivity contribution in [2.75, 3.05) is 11.5 Å². The van der Waals surface area contributed by atoms with Crippen LogP contribution in [0.2, 0.25) is 0 Å². The molecule has 0 bridgehead atoms. The first-order chi connectivity index (χ1) is 6.99. The molecule has 0 amide bonds. The van der Waals surface area contributed by atoms with Crippen molar-refractivity contribution in [3.63, 3.8) is 0 Å². The molecule has 1 rings (SSSR count). The summed E-state index contributed by atoms with van der Waals surface area (Å²) in [5, 5.41) is 27.2. The van der Waals surface area contributed by atoms with E-state index in [4.69, 9.17) is 21.8 Å². The second kappa shape index (κ2) is 4.13. The van der Waals surface area contributed by atoms with Crippen LogP contribution in [0.4, 0.5) is 11.5 Å². The molecule has 80 valence electrons. The molecule has 0 aliphatic heterocycles. The van der Waals surface area contributed by atoms with Gasteiger partial charge in [-0.2, -0.15) is 5.26 Å². The van der Waals surface area contributed by atoms with Crippen LogP contribution in [0.1, 0.15) is 17.2 Å². The number of aliphatic hydroxyl groups excluding tert-OH is 2. The van der Waals surface area contributed by atoms with Gasteiger partial charge in [-0.3, -0.25) is 0 Å². The van der Waals surface area contributed by atoms with Crippen LogP contribution < -0.4 is 11.5 Å². The summed E-state index contributed by atoms with van der Waals surface area (Å²) >= 11 is 0. The van der Waals surface area contributed by atoms with Crippen molar-refractivity contribution in [2.24, 2.45) is 0 Å². The predicted octanol–water partition coefficient (Wildman–Crippen LogP) is -0.528. The minimum atomic E-state index is -1.51. The highest BCUT2D eigenvalue weighted by Crippen LogP contribution is 2.26. The number of nitriles is 1. The normalized spacial score (nSPS) is 14.3. The van der Waals surface area contributed by atoms with Gasteiger partial charge in [0.1, 0.15) is 11.9 Å². The number of anilines is 2. The van der Waals surface area contributed by atoms with E-state index in [1.807, 2.05) is 0 Å². The molecule has 0 saturated carbocycles. The van der Waals surface area contributed by atoms with Gasteiger partial charge in [-0.15, -0.1) is 0 Å². The zero-order valence-corrected chi connectivity index (χ0v) is 8.18. The van der Waals surface area contributed by atoms with Crippen LogP contribution >= 0.6 is 0 Å². The Morgan fingerprint density at radius 3 is 2.60 bits per heavy atom. The molecule has 0 aliphatic carbocycles. The number of hydrogen-bond acceptors (Lipinski definition) is 6. The van der Waals surface area contributed by atoms with Gasteiger partial charge in [0, 0.05) is 11.8 Å². The molecule has 1 aromatic rings. The summed E-state index contributed by atoms with van der Waals surface area (Å²) in [4.78, 5) is 3.75. The fourth-order valence-corrected chi connectivity index (χ4v) is 1.19. The Labute approximate surface area is 86.8 Å². The molecule has 0 spiro atoms. The van der Waals surface area contributed by atoms with Gasteiger partial charge >= 0.3 is 0 Å². The molecule has 1 aromatic heterocycles. The minimum Gasteiger partial charge on any atom is -0.396 e. The number of nitrogens with two attached hydrogens (primary N) is 2. The lowest BCUT2D eigenvalue weighted by molar-refractivity contribution is 0.0522. The zero-order valence-electron chi connectivity index (χ0n) is 8.18. The Morgan fingerprint density at radius 2 is 2.07 bits per heavy atom. The number of aromatic nitrogens is 1. The first-order valence-corrected chi connectivity index (χ1v) is 4.25. The van der Waals surface area contributed by atoms with Crippen LogP contribution in [0.3, 0.4) is 0 Å². The molecule has 6 N–H and O–H groups in total. The summed E-state index contributed by atoms with van der Waals surface area (Å²) in [7, 11) is 0. The molecular formula is C9H12N4O2. The number of rotatable bonds is 2. The van der Waals surface area contributed by atoms with Gasteiger partial charge in [-0.05, 0) is 12.5 Å². The third-order valence-electron chi connectivity index (χ3n) is 2.21. The summed E-state index contributed by atoms with van der Waals surface area (Å²) in [5.41, 5.74) is 12.1. The molecule has 2 unspecified atom stereocenters. The molecule has 1 heterocycles. The highest BCUT2D eigenvalue weighted by atomic mass is 16.3. The third-order valence-corrected chi connectivity index (χ3v) is 2.21. The Bertz CT molecular complexity index is 413. The van der Waals surface area contributed by atoms with Crippen LogP contribution in [0, 0.1) is 18.3 Å². The smallest absolute Gasteiger partial charge is 0.170 e. The fraction of sp³-hybridized carbons (Fsp3) is 0.333. The van der Waals surface area contributed by atoms with Crippen molar-refractivity contribution in [2.45, 2.75) is 19.1 Å². The lowest BCUT2D eigenvalue weighted by Gasteiger charge is -2.16. The SMILES string of the molecule is Cc1c(C(O)C(O)C#N)cnc(N)c1N. The highest BCUT2D eigenvalue weighted by molar-refractivity contribution is 5.64. The van der Waals surface area contributed by atoms with Crippen molar-refractivity contribution in [3.05, 3.63) is 17.3 Å². The van der Waals surface area contributed by atoms with Crippen molar-refractivity contribution >= 4 is 11.5 Å². The van der Waals surface area contributed by atoms with Crippen LogP contribution in [0.5, 0.6) is 0 Å². The fourth-order valence-electron chi connectivity index (χ4n) is 1.19. The van der Waals surface area contributed by atoms with Crippen molar-refractivity contribution in [3.8, 4) is 6.07 Å². The second-order valence-corrected chi connectivity index (χ2v) is 3.16. The summed E-state index contributed by atoms with van der Waals surface area (Å²) in [6.45, 7) is 1.63. The van der Waals surface area contributed by atoms with Gasteiger partial charge in [0.2, 0.25) is 0 Å². The number of nitrogens with zero attached hydrogens (tertiary/aromatic N) is 2. The maximum Gasteiger partial charge on any atom is 0.170 e. The molecule has 0 aromatic carbocycles. The maximum absolute atomic E-state index is 9.58. The standard InChI is InChI=1S/C9H12N4O2/c1-4-5(8(15)6(14)2-10)3-13-9(12)7(4)11/h3,6,8,14-15H,11H2,1H3,(H2,12,13). The Hall–Kier alpha value is -1.84. The summed E-state index contributed by atoms with van der Waals surface area (Å²) < 4.78 is 0. The van der Waals surface area contributed by atoms with Gasteiger partial charge < -0.3 is 21.7 Å². The largest absolute Gasteiger partial charge is 0.396 e. The molecule has 0 fully saturated rings. The van der Waals surface area contributed by atoms with E-state index < -0.39 is 12.2 Å². The van der Waals surface area contributed by atoms with Crippen LogP contribution in [-0.4, -0.2) is 21.3 Å². The maximum atomic E-state index is 9.58. The number of pyridine rings is 1. The van der Waals surface area contributed by atoms with Crippen LogP contribution in [-0.2, 0) is 0 Å². The van der Waals surface area contributed by atoms with Crippen molar-refractivity contribution in [1.29, 1.82) is 5.26 Å². The second-order valence-electron chi connectivity index (χ2n) is 3.16. The molecule has 0 saturated heterocycles. The van der Waals surface area contributed by atoms with Crippen LogP contribution in [0.15, 0.2) is 6.20 Å². The van der Waals surface area contributed by atoms with E-state index >= 15 is 0 Å². The highest BCUT2D eigenvalue weighted by Gasteiger charge is 2.21. The Balaban J connectivity index is 3.17. The van der Waals surface area contributed by atoms with E-state index in [1.54, 1.807) is 6.92 Å². The lowest BCUT2D eigenvalue weighted by Crippen LogP contribution is -2.18. The number of aliphatic hydroxyl groups is 2. The van der Waals surface area contributed by atoms with Gasteiger partial charge in [-0.25, -0.2) is 4.98 Å². The molecule has 2 atom stereocenters. The zero-order chi connectivity index (χ0) is 11.6. The average molecular weight is 208 g/mol. The number of nitrogen functional groups attached to an aromatic ring is 2. The summed E-state index contributed by atoms with van der Waals surface area (Å²) in [6.07, 6.45) is -1.54. The molecular weight excluding hydrogens is 196 g/mol. The predicted molar refractivity (Wildman–Crippen MR) is 54.4 cm³/mol. The van der Waals surface area contributed by atoms with Crippen molar-refractivity contribution < 1.29 is 10.2 Å². The van der Waals surface area contributed by atoms with E-state index in [9.17, 15) is 5.11 Å². The van der Waals surface area contributed by atoms with E-state index in [0.717, 1.165) is 0 Å². The Morgan fingerprint density at radius 1 is 1.47 bits per heavy atom. The quantitative estimate of drug-likeness (QED) is 0.483. The average Bonchev–Trinajstić information content (AvgIpc) is 2.24. The van der Waals surface area contributed by atoms with Crippen molar-refractivity contribution in [1.82, 2.24) is 4.98 Å². The van der Waals surface area contributed by atoms with Crippen LogP contribution in [0.25, 0.3) is 0 Å². The van der Waals surface area contributed by atoms with E-state index in [-0.39, 0.29) is 11.5 Å². The first-order valence-electron chi connectivity index (χ1n) is 4.25. The van der Waals surface area contributed by atoms with Gasteiger partial charge in [-0.1, -0.05) is 0 Å². The molecule has 15 heavy (non-hydrogen) atoms. The van der Waals surface area contributed by atoms with Gasteiger partial charge in [0.15, 0.2) is 6.10 Å². The molecule has 6 nitrogen and oxygen atoms in total. The number of hydrogen-bond donors (Lipinski definition) is 4. The Kier molecular flexibility index (Phi) is 3.09. The monoisotopic (exact) mass is 208 g/mol. The molecule has 6 heteroatoms. The van der Waals surface area contributed by atoms with Gasteiger partial charge in [0.05, 0.1) is 11.8 Å². The van der Waals surface area contributed by atoms with Gasteiger partial charge in [0.25, 0.3) is 0 Å². The molecule has 0 aliphatic rings. The van der Waals surface area contributed by atoms with E-state index in [0.29, 0.717) is 11.1 Å². The third kappa shape index (κ3) is 1.98. The summed E-state index contributed by atoms with van der Waals surface area (Å²) in [6, 6.07) is 1.53. The summed E-state index contributed by atoms with van der Waals surface area (Å²) in [5.74, 6) is 0.162. The van der Waals surface area contributed by atoms with E-state index in [2.05, 4.69) is 4.98 Å². The van der Waals surface area contributed by atoms with E-state index in [1.165, 1.54) is 12.3 Å². The topological polar surface area (TPSA) is 129 Å². The minimum absolute atomic E-state index is 0.162. The molecule has 0 radical (unpaired) electrons. The lowest BCUT2D eigenvalue weighted by atomic mass is 10.0. The first kappa shape index (κ1) is 11.2.